The number of amidine groups is 1. The lowest BCUT2D eigenvalue weighted by molar-refractivity contribution is 0.250. The fraction of sp³-hybridized carbons (Fsp3) is 0.481. The van der Waals surface area contributed by atoms with Crippen LogP contribution in [0.2, 0.25) is 0 Å². The zero-order valence-electron chi connectivity index (χ0n) is 20.3. The topological polar surface area (TPSA) is 43.2 Å². The minimum atomic E-state index is 0.633. The number of piperidine rings is 1. The van der Waals surface area contributed by atoms with Gasteiger partial charge in [0, 0.05) is 38.1 Å². The molecule has 0 spiro atoms. The first-order valence-corrected chi connectivity index (χ1v) is 11.9. The Labute approximate surface area is 193 Å². The summed E-state index contributed by atoms with van der Waals surface area (Å²) in [7, 11) is 3.92. The van der Waals surface area contributed by atoms with E-state index in [1.54, 1.807) is 0 Å². The molecule has 0 unspecified atom stereocenters. The molecule has 170 valence electrons. The van der Waals surface area contributed by atoms with Crippen LogP contribution in [0.4, 0.5) is 0 Å². The molecule has 4 aliphatic rings. The first-order valence-electron chi connectivity index (χ1n) is 11.9. The molecule has 5 heteroatoms. The summed E-state index contributed by atoms with van der Waals surface area (Å²) in [4.78, 5) is 14.5. The SMILES string of the molecule is C=C(C)/C(C)=C/C(=NC)C1=CC(=C2CCC2)N2C=C(N3CCC(NC)CC3)C=C(C)C2=N1. The van der Waals surface area contributed by atoms with E-state index in [0.717, 1.165) is 41.5 Å². The minimum Gasteiger partial charge on any atom is -0.370 e. The van der Waals surface area contributed by atoms with E-state index in [0.29, 0.717) is 6.04 Å². The molecule has 0 bridgehead atoms. The molecule has 32 heavy (non-hydrogen) atoms. The van der Waals surface area contributed by atoms with Gasteiger partial charge in [0.05, 0.1) is 17.1 Å². The van der Waals surface area contributed by atoms with Crippen molar-refractivity contribution in [3.8, 4) is 0 Å². The molecule has 4 rings (SSSR count). The molecule has 0 aromatic rings. The van der Waals surface area contributed by atoms with Crippen molar-refractivity contribution in [2.45, 2.75) is 58.9 Å². The molecular formula is C27H37N5. The lowest BCUT2D eigenvalue weighted by Crippen LogP contribution is -2.42. The molecule has 0 aromatic heterocycles. The first kappa shape index (κ1) is 22.5. The molecule has 5 nitrogen and oxygen atoms in total. The van der Waals surface area contributed by atoms with E-state index in [1.165, 1.54) is 54.6 Å². The van der Waals surface area contributed by atoms with Gasteiger partial charge in [-0.25, -0.2) is 4.99 Å². The largest absolute Gasteiger partial charge is 0.370 e. The average Bonchev–Trinajstić information content (AvgIpc) is 2.76. The summed E-state index contributed by atoms with van der Waals surface area (Å²) in [5, 5.41) is 3.43. The fourth-order valence-electron chi connectivity index (χ4n) is 4.57. The lowest BCUT2D eigenvalue weighted by Gasteiger charge is -2.39. The smallest absolute Gasteiger partial charge is 0.140 e. The number of hydrogen-bond acceptors (Lipinski definition) is 5. The maximum atomic E-state index is 5.09. The number of aliphatic imine (C=N–C) groups is 2. The highest BCUT2D eigenvalue weighted by atomic mass is 15.2. The summed E-state index contributed by atoms with van der Waals surface area (Å²) in [6.45, 7) is 12.5. The van der Waals surface area contributed by atoms with E-state index in [-0.39, 0.29) is 0 Å². The first-order chi connectivity index (χ1) is 15.4. The summed E-state index contributed by atoms with van der Waals surface area (Å²) in [6.07, 6.45) is 14.9. The van der Waals surface area contributed by atoms with Crippen molar-refractivity contribution in [3.63, 3.8) is 0 Å². The van der Waals surface area contributed by atoms with Crippen LogP contribution in [0.1, 0.15) is 52.9 Å². The molecular weight excluding hydrogens is 394 g/mol. The third-order valence-electron chi connectivity index (χ3n) is 7.08. The molecule has 1 saturated carbocycles. The standard InChI is InChI=1S/C27H37N5/c1-18(2)19(3)15-24(29-6)25-16-26(21-8-7-9-21)32-17-23(14-20(4)27(32)30-25)31-12-10-22(28-5)11-13-31/h14-17,22,28H,1,7-13H2,2-6H3/b19-15+,29-24?. The Morgan fingerprint density at radius 1 is 1.22 bits per heavy atom. The van der Waals surface area contributed by atoms with Gasteiger partial charge < -0.3 is 10.2 Å². The molecule has 1 saturated heterocycles. The molecule has 0 aromatic carbocycles. The molecule has 0 atom stereocenters. The number of nitrogens with one attached hydrogen (secondary N) is 1. The number of hydrogen-bond donors (Lipinski definition) is 1. The highest BCUT2D eigenvalue weighted by molar-refractivity contribution is 6.13. The summed E-state index contributed by atoms with van der Waals surface area (Å²) in [5.74, 6) is 1.02. The zero-order chi connectivity index (χ0) is 22.8. The Bertz CT molecular complexity index is 1000. The van der Waals surface area contributed by atoms with Crippen molar-refractivity contribution in [1.29, 1.82) is 0 Å². The van der Waals surface area contributed by atoms with Crippen LogP contribution in [0.5, 0.6) is 0 Å². The van der Waals surface area contributed by atoms with Crippen molar-refractivity contribution in [2.75, 3.05) is 27.2 Å². The van der Waals surface area contributed by atoms with Gasteiger partial charge in [-0.05, 0) is 94.9 Å². The van der Waals surface area contributed by atoms with Crippen LogP contribution >= 0.6 is 0 Å². The van der Waals surface area contributed by atoms with Crippen LogP contribution in [0, 0.1) is 0 Å². The van der Waals surface area contributed by atoms with Crippen molar-refractivity contribution >= 4 is 11.5 Å². The maximum Gasteiger partial charge on any atom is 0.140 e. The van der Waals surface area contributed by atoms with Gasteiger partial charge in [-0.15, -0.1) is 0 Å². The van der Waals surface area contributed by atoms with Gasteiger partial charge in [-0.3, -0.25) is 9.89 Å². The monoisotopic (exact) mass is 431 g/mol. The highest BCUT2D eigenvalue weighted by Crippen LogP contribution is 2.37. The van der Waals surface area contributed by atoms with Crippen LogP contribution in [-0.2, 0) is 0 Å². The van der Waals surface area contributed by atoms with Crippen LogP contribution in [0.15, 0.2) is 80.4 Å². The van der Waals surface area contributed by atoms with Gasteiger partial charge in [0.25, 0.3) is 0 Å². The number of likely N-dealkylation sites (tertiary alicyclic amines) is 1. The van der Waals surface area contributed by atoms with Crippen molar-refractivity contribution in [1.82, 2.24) is 15.1 Å². The summed E-state index contributed by atoms with van der Waals surface area (Å²) >= 11 is 0. The van der Waals surface area contributed by atoms with Crippen molar-refractivity contribution in [2.24, 2.45) is 9.98 Å². The molecule has 0 radical (unpaired) electrons. The third-order valence-corrected chi connectivity index (χ3v) is 7.08. The number of allylic oxidation sites excluding steroid dienone is 6. The van der Waals surface area contributed by atoms with E-state index in [1.807, 2.05) is 14.0 Å². The van der Waals surface area contributed by atoms with Crippen molar-refractivity contribution in [3.05, 3.63) is 70.4 Å². The van der Waals surface area contributed by atoms with Gasteiger partial charge in [0.2, 0.25) is 0 Å². The maximum absolute atomic E-state index is 5.09. The highest BCUT2D eigenvalue weighted by Gasteiger charge is 2.30. The molecule has 1 aliphatic carbocycles. The summed E-state index contributed by atoms with van der Waals surface area (Å²) in [6, 6.07) is 0.633. The predicted molar refractivity (Wildman–Crippen MR) is 136 cm³/mol. The molecule has 2 fully saturated rings. The lowest BCUT2D eigenvalue weighted by atomic mass is 9.88. The van der Waals surface area contributed by atoms with Gasteiger partial charge in [-0.2, -0.15) is 0 Å². The fourth-order valence-corrected chi connectivity index (χ4v) is 4.57. The van der Waals surface area contributed by atoms with Gasteiger partial charge in [0.15, 0.2) is 0 Å². The van der Waals surface area contributed by atoms with Crippen LogP contribution in [-0.4, -0.2) is 54.6 Å². The second-order valence-electron chi connectivity index (χ2n) is 9.33. The quantitative estimate of drug-likeness (QED) is 0.486. The van der Waals surface area contributed by atoms with E-state index >= 15 is 0 Å². The van der Waals surface area contributed by atoms with Crippen LogP contribution in [0.25, 0.3) is 0 Å². The third kappa shape index (κ3) is 4.44. The van der Waals surface area contributed by atoms with E-state index < -0.39 is 0 Å². The number of rotatable bonds is 5. The minimum absolute atomic E-state index is 0.633. The average molecular weight is 432 g/mol. The van der Waals surface area contributed by atoms with Crippen LogP contribution in [0.3, 0.4) is 0 Å². The second-order valence-corrected chi connectivity index (χ2v) is 9.33. The Morgan fingerprint density at radius 3 is 2.50 bits per heavy atom. The molecule has 3 aliphatic heterocycles. The predicted octanol–water partition coefficient (Wildman–Crippen LogP) is 5.10. The molecule has 0 amide bonds. The molecule has 1 N–H and O–H groups in total. The van der Waals surface area contributed by atoms with Gasteiger partial charge in [-0.1, -0.05) is 12.2 Å². The van der Waals surface area contributed by atoms with Gasteiger partial charge in [0.1, 0.15) is 5.84 Å². The second kappa shape index (κ2) is 9.45. The Morgan fingerprint density at radius 2 is 1.94 bits per heavy atom. The molecule has 3 heterocycles. The van der Waals surface area contributed by atoms with Crippen LogP contribution < -0.4 is 5.32 Å². The summed E-state index contributed by atoms with van der Waals surface area (Å²) < 4.78 is 0. The van der Waals surface area contributed by atoms with E-state index in [2.05, 4.69) is 72.0 Å². The number of nitrogens with zero attached hydrogens (tertiary/aromatic N) is 4. The Kier molecular flexibility index (Phi) is 6.66. The van der Waals surface area contributed by atoms with Gasteiger partial charge >= 0.3 is 0 Å². The number of fused-ring (bicyclic) bond motifs is 1. The van der Waals surface area contributed by atoms with E-state index in [4.69, 9.17) is 4.99 Å². The zero-order valence-corrected chi connectivity index (χ0v) is 20.3. The van der Waals surface area contributed by atoms with Crippen molar-refractivity contribution < 1.29 is 0 Å². The Hall–Kier alpha value is -2.66. The normalized spacial score (nSPS) is 22.7. The Balaban J connectivity index is 1.69. The van der Waals surface area contributed by atoms with E-state index in [9.17, 15) is 0 Å². The summed E-state index contributed by atoms with van der Waals surface area (Å²) in [5.41, 5.74) is 9.34.